The van der Waals surface area contributed by atoms with Gasteiger partial charge in [0.2, 0.25) is 0 Å². The van der Waals surface area contributed by atoms with Crippen LogP contribution in [0.2, 0.25) is 0 Å². The van der Waals surface area contributed by atoms with Gasteiger partial charge in [0.1, 0.15) is 6.79 Å². The highest BCUT2D eigenvalue weighted by Gasteiger charge is 2.22. The van der Waals surface area contributed by atoms with Gasteiger partial charge in [-0.05, 0) is 19.3 Å². The molecule has 1 rings (SSSR count). The van der Waals surface area contributed by atoms with Crippen LogP contribution >= 0.6 is 0 Å². The Morgan fingerprint density at radius 2 is 2.30 bits per heavy atom. The Morgan fingerprint density at radius 1 is 1.50 bits per heavy atom. The van der Waals surface area contributed by atoms with Crippen LogP contribution in [0.25, 0.3) is 0 Å². The van der Waals surface area contributed by atoms with Crippen LogP contribution in [0.1, 0.15) is 19.3 Å². The molecule has 1 aliphatic rings. The monoisotopic (exact) mass is 146 g/mol. The van der Waals surface area contributed by atoms with Gasteiger partial charge in [-0.1, -0.05) is 0 Å². The molecule has 1 aliphatic carbocycles. The summed E-state index contributed by atoms with van der Waals surface area (Å²) in [7, 11) is 1.60. The molecule has 1 N–H and O–H groups in total. The Balaban J connectivity index is 2.06. The summed E-state index contributed by atoms with van der Waals surface area (Å²) >= 11 is 0. The van der Waals surface area contributed by atoms with Crippen molar-refractivity contribution < 1.29 is 14.6 Å². The number of hydrogen-bond acceptors (Lipinski definition) is 3. The van der Waals surface area contributed by atoms with Gasteiger partial charge < -0.3 is 14.6 Å². The average molecular weight is 146 g/mol. The molecule has 0 amide bonds. The quantitative estimate of drug-likeness (QED) is 0.590. The fourth-order valence-electron chi connectivity index (χ4n) is 1.23. The molecule has 0 aromatic rings. The summed E-state index contributed by atoms with van der Waals surface area (Å²) in [5.74, 6) is 0. The Bertz CT molecular complexity index is 94.9. The fourth-order valence-corrected chi connectivity index (χ4v) is 1.23. The minimum absolute atomic E-state index is 0.151. The second-order valence-electron chi connectivity index (χ2n) is 2.66. The average Bonchev–Trinajstić information content (AvgIpc) is 2.31. The van der Waals surface area contributed by atoms with Gasteiger partial charge in [-0.2, -0.15) is 0 Å². The van der Waals surface area contributed by atoms with Crippen molar-refractivity contribution in [1.29, 1.82) is 0 Å². The summed E-state index contributed by atoms with van der Waals surface area (Å²) in [6, 6.07) is 0. The maximum absolute atomic E-state index is 9.08. The first-order valence-corrected chi connectivity index (χ1v) is 3.61. The van der Waals surface area contributed by atoms with Crippen LogP contribution in [-0.4, -0.2) is 31.2 Å². The molecular formula is C7H14O3. The van der Waals surface area contributed by atoms with E-state index in [1.54, 1.807) is 7.11 Å². The minimum Gasteiger partial charge on any atom is -0.393 e. The van der Waals surface area contributed by atoms with Crippen molar-refractivity contribution in [3.8, 4) is 0 Å². The summed E-state index contributed by atoms with van der Waals surface area (Å²) in [6.07, 6.45) is 2.67. The standard InChI is InChI=1S/C7H14O3/c1-9-5-10-7-3-2-6(8)4-7/h6-8H,2-5H2,1H3/t6-,7+/m0/s1. The number of rotatable bonds is 3. The first kappa shape index (κ1) is 7.98. The molecule has 2 atom stereocenters. The van der Waals surface area contributed by atoms with Gasteiger partial charge in [-0.15, -0.1) is 0 Å². The zero-order chi connectivity index (χ0) is 7.40. The number of methoxy groups -OCH3 is 1. The molecule has 60 valence electrons. The van der Waals surface area contributed by atoms with Crippen LogP contribution in [-0.2, 0) is 9.47 Å². The van der Waals surface area contributed by atoms with Crippen LogP contribution in [0.3, 0.4) is 0 Å². The lowest BCUT2D eigenvalue weighted by atomic mass is 10.3. The zero-order valence-electron chi connectivity index (χ0n) is 6.25. The molecule has 1 saturated carbocycles. The van der Waals surface area contributed by atoms with Crippen molar-refractivity contribution in [3.05, 3.63) is 0 Å². The summed E-state index contributed by atoms with van der Waals surface area (Å²) in [4.78, 5) is 0. The molecule has 0 aromatic carbocycles. The van der Waals surface area contributed by atoms with E-state index in [0.29, 0.717) is 6.79 Å². The Morgan fingerprint density at radius 3 is 2.80 bits per heavy atom. The molecule has 0 aliphatic heterocycles. The van der Waals surface area contributed by atoms with Gasteiger partial charge in [0, 0.05) is 7.11 Å². The highest BCUT2D eigenvalue weighted by Crippen LogP contribution is 2.21. The lowest BCUT2D eigenvalue weighted by Gasteiger charge is -2.08. The molecule has 3 heteroatoms. The Hall–Kier alpha value is -0.120. The van der Waals surface area contributed by atoms with Crippen molar-refractivity contribution in [2.24, 2.45) is 0 Å². The molecule has 1 fully saturated rings. The normalized spacial score (nSPS) is 33.0. The molecule has 10 heavy (non-hydrogen) atoms. The van der Waals surface area contributed by atoms with E-state index in [9.17, 15) is 0 Å². The van der Waals surface area contributed by atoms with Crippen LogP contribution in [0.15, 0.2) is 0 Å². The second-order valence-corrected chi connectivity index (χ2v) is 2.66. The van der Waals surface area contributed by atoms with E-state index in [1.807, 2.05) is 0 Å². The third-order valence-corrected chi connectivity index (χ3v) is 1.78. The Labute approximate surface area is 60.9 Å². The van der Waals surface area contributed by atoms with Gasteiger partial charge in [-0.3, -0.25) is 0 Å². The highest BCUT2D eigenvalue weighted by atomic mass is 16.7. The molecule has 3 nitrogen and oxygen atoms in total. The van der Waals surface area contributed by atoms with E-state index >= 15 is 0 Å². The molecule has 0 unspecified atom stereocenters. The van der Waals surface area contributed by atoms with E-state index in [2.05, 4.69) is 0 Å². The fraction of sp³-hybridized carbons (Fsp3) is 1.00. The smallest absolute Gasteiger partial charge is 0.146 e. The van der Waals surface area contributed by atoms with Crippen molar-refractivity contribution in [2.45, 2.75) is 31.5 Å². The molecule has 0 radical (unpaired) electrons. The molecule has 0 saturated heterocycles. The Kier molecular flexibility index (Phi) is 3.12. The van der Waals surface area contributed by atoms with Crippen molar-refractivity contribution >= 4 is 0 Å². The first-order valence-electron chi connectivity index (χ1n) is 3.61. The van der Waals surface area contributed by atoms with Crippen LogP contribution in [0, 0.1) is 0 Å². The van der Waals surface area contributed by atoms with Gasteiger partial charge in [0.25, 0.3) is 0 Å². The predicted molar refractivity (Wildman–Crippen MR) is 36.6 cm³/mol. The van der Waals surface area contributed by atoms with Crippen molar-refractivity contribution in [3.63, 3.8) is 0 Å². The maximum Gasteiger partial charge on any atom is 0.146 e. The number of aliphatic hydroxyl groups excluding tert-OH is 1. The summed E-state index contributed by atoms with van der Waals surface area (Å²) in [5, 5.41) is 9.08. The second kappa shape index (κ2) is 3.91. The lowest BCUT2D eigenvalue weighted by molar-refractivity contribution is -0.0715. The third kappa shape index (κ3) is 2.25. The van der Waals surface area contributed by atoms with Gasteiger partial charge in [-0.25, -0.2) is 0 Å². The van der Waals surface area contributed by atoms with Crippen LogP contribution in [0.4, 0.5) is 0 Å². The third-order valence-electron chi connectivity index (χ3n) is 1.78. The maximum atomic E-state index is 9.08. The molecule has 0 spiro atoms. The van der Waals surface area contributed by atoms with E-state index < -0.39 is 0 Å². The van der Waals surface area contributed by atoms with E-state index in [-0.39, 0.29) is 12.2 Å². The topological polar surface area (TPSA) is 38.7 Å². The minimum atomic E-state index is -0.151. The summed E-state index contributed by atoms with van der Waals surface area (Å²) < 4.78 is 9.98. The van der Waals surface area contributed by atoms with Gasteiger partial charge in [0.15, 0.2) is 0 Å². The predicted octanol–water partition coefficient (Wildman–Crippen LogP) is 0.520. The van der Waals surface area contributed by atoms with Crippen molar-refractivity contribution in [1.82, 2.24) is 0 Å². The summed E-state index contributed by atoms with van der Waals surface area (Å²) in [5.41, 5.74) is 0. The molecule has 0 heterocycles. The number of ether oxygens (including phenoxy) is 2. The van der Waals surface area contributed by atoms with Crippen molar-refractivity contribution in [2.75, 3.05) is 13.9 Å². The van der Waals surface area contributed by atoms with Crippen LogP contribution < -0.4 is 0 Å². The highest BCUT2D eigenvalue weighted by molar-refractivity contribution is 4.74. The van der Waals surface area contributed by atoms with E-state index in [0.717, 1.165) is 19.3 Å². The van der Waals surface area contributed by atoms with Crippen LogP contribution in [0.5, 0.6) is 0 Å². The SMILES string of the molecule is COCO[C@@H]1CC[C@H](O)C1. The van der Waals surface area contributed by atoms with E-state index in [1.165, 1.54) is 0 Å². The molecule has 0 aromatic heterocycles. The lowest BCUT2D eigenvalue weighted by Crippen LogP contribution is -2.11. The summed E-state index contributed by atoms with van der Waals surface area (Å²) in [6.45, 7) is 0.345. The van der Waals surface area contributed by atoms with Gasteiger partial charge >= 0.3 is 0 Å². The molecular weight excluding hydrogens is 132 g/mol. The van der Waals surface area contributed by atoms with E-state index in [4.69, 9.17) is 14.6 Å². The zero-order valence-corrected chi connectivity index (χ0v) is 6.25. The largest absolute Gasteiger partial charge is 0.393 e. The van der Waals surface area contributed by atoms with Gasteiger partial charge in [0.05, 0.1) is 12.2 Å². The molecule has 0 bridgehead atoms. The number of aliphatic hydroxyl groups is 1. The first-order chi connectivity index (χ1) is 4.83. The number of hydrogen-bond donors (Lipinski definition) is 1.